The molecule has 16 heavy (non-hydrogen) atoms. The molecule has 2 rings (SSSR count). The summed E-state index contributed by atoms with van der Waals surface area (Å²) in [6.45, 7) is 4.01. The smallest absolute Gasteiger partial charge is 0.213 e. The number of halogens is 1. The number of carbonyl (C=O) groups is 1. The Morgan fingerprint density at radius 1 is 1.56 bits per heavy atom. The molecular formula is C9H9ClN4OS. The molecule has 0 unspecified atom stereocenters. The second-order valence-corrected chi connectivity index (χ2v) is 4.84. The van der Waals surface area contributed by atoms with Crippen molar-refractivity contribution in [2.75, 3.05) is 0 Å². The van der Waals surface area contributed by atoms with E-state index in [4.69, 9.17) is 11.6 Å². The van der Waals surface area contributed by atoms with Crippen LogP contribution in [-0.4, -0.2) is 26.0 Å². The van der Waals surface area contributed by atoms with E-state index in [2.05, 4.69) is 15.1 Å². The van der Waals surface area contributed by atoms with Gasteiger partial charge in [0.1, 0.15) is 11.2 Å². The standard InChI is InChI=1S/C9H9ClN4OS/c1-5(2)8-11-4-14(13-8)9-12-7(10)6(3-15)16-9/h3-5H,1-2H3. The van der Waals surface area contributed by atoms with Crippen LogP contribution in [-0.2, 0) is 0 Å². The molecule has 2 heterocycles. The first-order valence-corrected chi connectivity index (χ1v) is 5.84. The molecule has 0 aliphatic carbocycles. The van der Waals surface area contributed by atoms with Gasteiger partial charge in [0.2, 0.25) is 5.13 Å². The third kappa shape index (κ3) is 1.98. The lowest BCUT2D eigenvalue weighted by Crippen LogP contribution is -1.96. The van der Waals surface area contributed by atoms with Crippen LogP contribution in [0.4, 0.5) is 0 Å². The third-order valence-corrected chi connectivity index (χ3v) is 3.30. The van der Waals surface area contributed by atoms with Gasteiger partial charge in [-0.15, -0.1) is 5.10 Å². The van der Waals surface area contributed by atoms with E-state index < -0.39 is 0 Å². The van der Waals surface area contributed by atoms with Gasteiger partial charge in [-0.1, -0.05) is 36.8 Å². The average Bonchev–Trinajstić information content (AvgIpc) is 2.83. The molecule has 0 atom stereocenters. The quantitative estimate of drug-likeness (QED) is 0.791. The van der Waals surface area contributed by atoms with Crippen LogP contribution in [0.5, 0.6) is 0 Å². The van der Waals surface area contributed by atoms with Crippen LogP contribution in [0.1, 0.15) is 35.3 Å². The van der Waals surface area contributed by atoms with Gasteiger partial charge in [0.15, 0.2) is 17.3 Å². The van der Waals surface area contributed by atoms with Crippen molar-refractivity contribution in [2.45, 2.75) is 19.8 Å². The zero-order valence-electron chi connectivity index (χ0n) is 8.72. The van der Waals surface area contributed by atoms with E-state index in [0.29, 0.717) is 16.3 Å². The Balaban J connectivity index is 2.38. The monoisotopic (exact) mass is 256 g/mol. The number of carbonyl (C=O) groups excluding carboxylic acids is 1. The highest BCUT2D eigenvalue weighted by Gasteiger charge is 2.12. The van der Waals surface area contributed by atoms with Crippen molar-refractivity contribution in [3.05, 3.63) is 22.2 Å². The average molecular weight is 257 g/mol. The molecule has 84 valence electrons. The lowest BCUT2D eigenvalue weighted by Gasteiger charge is -1.95. The molecule has 0 aromatic carbocycles. The summed E-state index contributed by atoms with van der Waals surface area (Å²) in [4.78, 5) is 19.2. The molecule has 0 N–H and O–H groups in total. The van der Waals surface area contributed by atoms with Crippen molar-refractivity contribution in [3.8, 4) is 5.13 Å². The Hall–Kier alpha value is -1.27. The molecule has 2 aromatic rings. The van der Waals surface area contributed by atoms with Gasteiger partial charge in [-0.2, -0.15) is 4.68 Å². The van der Waals surface area contributed by atoms with Crippen molar-refractivity contribution < 1.29 is 4.79 Å². The summed E-state index contributed by atoms with van der Waals surface area (Å²) in [6.07, 6.45) is 2.25. The van der Waals surface area contributed by atoms with Crippen molar-refractivity contribution in [2.24, 2.45) is 0 Å². The summed E-state index contributed by atoms with van der Waals surface area (Å²) in [5.74, 6) is 0.987. The SMILES string of the molecule is CC(C)c1ncn(-c2nc(Cl)c(C=O)s2)n1. The van der Waals surface area contributed by atoms with Crippen LogP contribution in [0.2, 0.25) is 5.15 Å². The summed E-state index contributed by atoms with van der Waals surface area (Å²) >= 11 is 6.96. The van der Waals surface area contributed by atoms with Gasteiger partial charge in [0.25, 0.3) is 0 Å². The van der Waals surface area contributed by atoms with Crippen molar-refractivity contribution >= 4 is 29.2 Å². The van der Waals surface area contributed by atoms with E-state index in [0.717, 1.165) is 5.82 Å². The maximum atomic E-state index is 10.6. The predicted octanol–water partition coefficient (Wildman–Crippen LogP) is 2.31. The van der Waals surface area contributed by atoms with Gasteiger partial charge in [0.05, 0.1) is 0 Å². The Morgan fingerprint density at radius 2 is 2.31 bits per heavy atom. The number of rotatable bonds is 3. The molecule has 0 saturated heterocycles. The van der Waals surface area contributed by atoms with Gasteiger partial charge in [-0.3, -0.25) is 4.79 Å². The molecule has 0 saturated carbocycles. The molecule has 2 aromatic heterocycles. The highest BCUT2D eigenvalue weighted by Crippen LogP contribution is 2.23. The van der Waals surface area contributed by atoms with E-state index in [9.17, 15) is 4.79 Å². The van der Waals surface area contributed by atoms with Gasteiger partial charge >= 0.3 is 0 Å². The van der Waals surface area contributed by atoms with E-state index in [1.54, 1.807) is 6.33 Å². The fourth-order valence-electron chi connectivity index (χ4n) is 1.11. The Bertz CT molecular complexity index is 519. The molecule has 5 nitrogen and oxygen atoms in total. The number of hydrogen-bond acceptors (Lipinski definition) is 5. The molecule has 0 aliphatic rings. The Labute approximate surface area is 101 Å². The lowest BCUT2D eigenvalue weighted by atomic mass is 10.2. The number of thiazole rings is 1. The Morgan fingerprint density at radius 3 is 2.81 bits per heavy atom. The van der Waals surface area contributed by atoms with E-state index in [-0.39, 0.29) is 11.1 Å². The third-order valence-electron chi connectivity index (χ3n) is 1.93. The summed E-state index contributed by atoms with van der Waals surface area (Å²) in [5.41, 5.74) is 0. The molecular weight excluding hydrogens is 248 g/mol. The predicted molar refractivity (Wildman–Crippen MR) is 61.5 cm³/mol. The highest BCUT2D eigenvalue weighted by molar-refractivity contribution is 7.16. The first-order valence-electron chi connectivity index (χ1n) is 4.65. The van der Waals surface area contributed by atoms with Crippen LogP contribution in [0.15, 0.2) is 6.33 Å². The number of aldehydes is 1. The fourth-order valence-corrected chi connectivity index (χ4v) is 2.09. The zero-order valence-corrected chi connectivity index (χ0v) is 10.3. The van der Waals surface area contributed by atoms with Gasteiger partial charge < -0.3 is 0 Å². The maximum Gasteiger partial charge on any atom is 0.213 e. The second kappa shape index (κ2) is 4.31. The summed E-state index contributed by atoms with van der Waals surface area (Å²) < 4.78 is 1.53. The molecule has 0 bridgehead atoms. The molecule has 7 heteroatoms. The normalized spacial score (nSPS) is 11.0. The second-order valence-electron chi connectivity index (χ2n) is 3.47. The minimum absolute atomic E-state index is 0.205. The summed E-state index contributed by atoms with van der Waals surface area (Å²) in [7, 11) is 0. The Kier molecular flexibility index (Phi) is 3.02. The van der Waals surface area contributed by atoms with Crippen molar-refractivity contribution in [3.63, 3.8) is 0 Å². The topological polar surface area (TPSA) is 60.7 Å². The van der Waals surface area contributed by atoms with E-state index >= 15 is 0 Å². The molecule has 0 spiro atoms. The van der Waals surface area contributed by atoms with E-state index in [1.165, 1.54) is 16.0 Å². The highest BCUT2D eigenvalue weighted by atomic mass is 35.5. The summed E-state index contributed by atoms with van der Waals surface area (Å²) in [5, 5.41) is 5.00. The minimum atomic E-state index is 0.205. The first-order chi connectivity index (χ1) is 7.61. The zero-order chi connectivity index (χ0) is 11.7. The molecule has 0 radical (unpaired) electrons. The minimum Gasteiger partial charge on any atom is -0.297 e. The number of hydrogen-bond donors (Lipinski definition) is 0. The van der Waals surface area contributed by atoms with Crippen LogP contribution in [0.3, 0.4) is 0 Å². The first kappa shape index (κ1) is 11.2. The van der Waals surface area contributed by atoms with Crippen LogP contribution >= 0.6 is 22.9 Å². The van der Waals surface area contributed by atoms with Crippen LogP contribution < -0.4 is 0 Å². The van der Waals surface area contributed by atoms with Crippen LogP contribution in [0.25, 0.3) is 5.13 Å². The van der Waals surface area contributed by atoms with Crippen LogP contribution in [0, 0.1) is 0 Å². The summed E-state index contributed by atoms with van der Waals surface area (Å²) in [6, 6.07) is 0. The van der Waals surface area contributed by atoms with E-state index in [1.807, 2.05) is 13.8 Å². The lowest BCUT2D eigenvalue weighted by molar-refractivity contribution is 0.112. The molecule has 0 fully saturated rings. The van der Waals surface area contributed by atoms with Crippen molar-refractivity contribution in [1.82, 2.24) is 19.7 Å². The van der Waals surface area contributed by atoms with Gasteiger partial charge in [-0.05, 0) is 0 Å². The fraction of sp³-hybridized carbons (Fsp3) is 0.333. The number of aromatic nitrogens is 4. The molecule has 0 amide bonds. The number of nitrogens with zero attached hydrogens (tertiary/aromatic N) is 4. The van der Waals surface area contributed by atoms with Gasteiger partial charge in [-0.25, -0.2) is 9.97 Å². The maximum absolute atomic E-state index is 10.6. The van der Waals surface area contributed by atoms with Gasteiger partial charge in [0, 0.05) is 5.92 Å². The van der Waals surface area contributed by atoms with Crippen molar-refractivity contribution in [1.29, 1.82) is 0 Å². The largest absolute Gasteiger partial charge is 0.297 e. The molecule has 0 aliphatic heterocycles.